The number of hydrogen-bond acceptors (Lipinski definition) is 3. The summed E-state index contributed by atoms with van der Waals surface area (Å²) in [7, 11) is 0. The third-order valence-electron chi connectivity index (χ3n) is 3.60. The van der Waals surface area contributed by atoms with Gasteiger partial charge in [0.25, 0.3) is 0 Å². The SMILES string of the molecule is CCNC(CC1CCCC1)c1cnc(C(F)(F)F)s1. The summed E-state index contributed by atoms with van der Waals surface area (Å²) in [6, 6.07) is 0.0155. The number of aromatic nitrogens is 1. The van der Waals surface area contributed by atoms with Crippen LogP contribution in [-0.4, -0.2) is 11.5 Å². The van der Waals surface area contributed by atoms with Crippen molar-refractivity contribution in [3.8, 4) is 0 Å². The summed E-state index contributed by atoms with van der Waals surface area (Å²) in [5.41, 5.74) is 0. The van der Waals surface area contributed by atoms with Crippen molar-refractivity contribution in [3.05, 3.63) is 16.1 Å². The van der Waals surface area contributed by atoms with Crippen LogP contribution >= 0.6 is 11.3 Å². The third-order valence-corrected chi connectivity index (χ3v) is 4.76. The van der Waals surface area contributed by atoms with E-state index in [-0.39, 0.29) is 6.04 Å². The van der Waals surface area contributed by atoms with E-state index in [4.69, 9.17) is 0 Å². The Balaban J connectivity index is 2.07. The fraction of sp³-hybridized carbons (Fsp3) is 0.769. The first kappa shape index (κ1) is 14.8. The topological polar surface area (TPSA) is 24.9 Å². The molecule has 0 spiro atoms. The van der Waals surface area contributed by atoms with Crippen molar-refractivity contribution in [3.63, 3.8) is 0 Å². The van der Waals surface area contributed by atoms with Crippen LogP contribution in [0.15, 0.2) is 6.20 Å². The van der Waals surface area contributed by atoms with Crippen molar-refractivity contribution < 1.29 is 13.2 Å². The zero-order valence-corrected chi connectivity index (χ0v) is 11.8. The molecule has 0 amide bonds. The summed E-state index contributed by atoms with van der Waals surface area (Å²) in [5.74, 6) is 0.639. The van der Waals surface area contributed by atoms with Crippen LogP contribution in [0.1, 0.15) is 55.0 Å². The molecule has 2 rings (SSSR count). The molecular formula is C13H19F3N2S. The van der Waals surface area contributed by atoms with Crippen LogP contribution in [0.25, 0.3) is 0 Å². The lowest BCUT2D eigenvalue weighted by atomic mass is 9.98. The van der Waals surface area contributed by atoms with Gasteiger partial charge in [0, 0.05) is 17.1 Å². The Hall–Kier alpha value is -0.620. The zero-order valence-electron chi connectivity index (χ0n) is 11.0. The van der Waals surface area contributed by atoms with E-state index in [1.165, 1.54) is 31.9 Å². The fourth-order valence-electron chi connectivity index (χ4n) is 2.70. The van der Waals surface area contributed by atoms with Gasteiger partial charge in [-0.2, -0.15) is 13.2 Å². The summed E-state index contributed by atoms with van der Waals surface area (Å²) in [4.78, 5) is 4.23. The highest BCUT2D eigenvalue weighted by Crippen LogP contribution is 2.38. The Morgan fingerprint density at radius 2 is 2.11 bits per heavy atom. The molecule has 108 valence electrons. The van der Waals surface area contributed by atoms with Gasteiger partial charge in [-0.1, -0.05) is 32.6 Å². The Kier molecular flexibility index (Phi) is 4.84. The molecule has 0 aliphatic heterocycles. The second kappa shape index (κ2) is 6.22. The third kappa shape index (κ3) is 3.92. The van der Waals surface area contributed by atoms with E-state index >= 15 is 0 Å². The maximum absolute atomic E-state index is 12.6. The van der Waals surface area contributed by atoms with Crippen molar-refractivity contribution in [2.24, 2.45) is 5.92 Å². The Bertz CT molecular complexity index is 397. The second-order valence-corrected chi connectivity index (χ2v) is 6.12. The molecule has 0 aromatic carbocycles. The minimum Gasteiger partial charge on any atom is -0.309 e. The molecule has 0 radical (unpaired) electrons. The van der Waals surface area contributed by atoms with Gasteiger partial charge in [0.15, 0.2) is 5.01 Å². The molecule has 1 heterocycles. The predicted octanol–water partition coefficient (Wildman–Crippen LogP) is 4.39. The summed E-state index contributed by atoms with van der Waals surface area (Å²) in [6.45, 7) is 2.74. The molecule has 1 aromatic heterocycles. The van der Waals surface area contributed by atoms with Crippen LogP contribution in [-0.2, 0) is 6.18 Å². The van der Waals surface area contributed by atoms with Gasteiger partial charge in [-0.05, 0) is 18.9 Å². The van der Waals surface area contributed by atoms with E-state index in [0.29, 0.717) is 10.8 Å². The number of hydrogen-bond donors (Lipinski definition) is 1. The number of nitrogens with one attached hydrogen (secondary N) is 1. The molecule has 6 heteroatoms. The molecule has 1 N–H and O–H groups in total. The first-order chi connectivity index (χ1) is 9.00. The van der Waals surface area contributed by atoms with E-state index in [2.05, 4.69) is 10.3 Å². The van der Waals surface area contributed by atoms with E-state index in [0.717, 1.165) is 24.3 Å². The minimum absolute atomic E-state index is 0.0155. The van der Waals surface area contributed by atoms with Crippen LogP contribution in [0.4, 0.5) is 13.2 Å². The summed E-state index contributed by atoms with van der Waals surface area (Å²) >= 11 is 0.773. The monoisotopic (exact) mass is 292 g/mol. The quantitative estimate of drug-likeness (QED) is 0.870. The maximum Gasteiger partial charge on any atom is 0.443 e. The van der Waals surface area contributed by atoms with Gasteiger partial charge in [-0.3, -0.25) is 0 Å². The van der Waals surface area contributed by atoms with Crippen molar-refractivity contribution in [1.82, 2.24) is 10.3 Å². The molecule has 1 saturated carbocycles. The van der Waals surface area contributed by atoms with Crippen LogP contribution in [0, 0.1) is 5.92 Å². The molecule has 1 atom stereocenters. The number of nitrogens with zero attached hydrogens (tertiary/aromatic N) is 1. The van der Waals surface area contributed by atoms with Gasteiger partial charge in [0.1, 0.15) is 0 Å². The summed E-state index contributed by atoms with van der Waals surface area (Å²) in [5, 5.41) is 2.55. The first-order valence-electron chi connectivity index (χ1n) is 6.77. The highest BCUT2D eigenvalue weighted by Gasteiger charge is 2.35. The summed E-state index contributed by atoms with van der Waals surface area (Å²) < 4.78 is 37.7. The number of rotatable bonds is 5. The lowest BCUT2D eigenvalue weighted by Crippen LogP contribution is -2.22. The molecule has 0 saturated heterocycles. The minimum atomic E-state index is -4.33. The molecule has 1 fully saturated rings. The molecule has 1 aliphatic rings. The van der Waals surface area contributed by atoms with Crippen LogP contribution in [0.5, 0.6) is 0 Å². The highest BCUT2D eigenvalue weighted by molar-refractivity contribution is 7.11. The van der Waals surface area contributed by atoms with Gasteiger partial charge >= 0.3 is 6.18 Å². The van der Waals surface area contributed by atoms with E-state index in [1.54, 1.807) is 0 Å². The summed E-state index contributed by atoms with van der Waals surface area (Å²) in [6.07, 6.45) is 2.88. The molecule has 0 bridgehead atoms. The first-order valence-corrected chi connectivity index (χ1v) is 7.58. The Morgan fingerprint density at radius 3 is 2.63 bits per heavy atom. The Morgan fingerprint density at radius 1 is 1.42 bits per heavy atom. The zero-order chi connectivity index (χ0) is 13.9. The molecular weight excluding hydrogens is 273 g/mol. The van der Waals surface area contributed by atoms with Gasteiger partial charge in [0.2, 0.25) is 0 Å². The van der Waals surface area contributed by atoms with Crippen LogP contribution in [0.2, 0.25) is 0 Å². The van der Waals surface area contributed by atoms with Gasteiger partial charge in [-0.25, -0.2) is 4.98 Å². The average Bonchev–Trinajstić information content (AvgIpc) is 2.98. The van der Waals surface area contributed by atoms with Gasteiger partial charge in [0.05, 0.1) is 0 Å². The number of thiazole rings is 1. The van der Waals surface area contributed by atoms with Crippen molar-refractivity contribution >= 4 is 11.3 Å². The highest BCUT2D eigenvalue weighted by atomic mass is 32.1. The number of alkyl halides is 3. The molecule has 19 heavy (non-hydrogen) atoms. The average molecular weight is 292 g/mol. The van der Waals surface area contributed by atoms with Crippen LogP contribution in [0.3, 0.4) is 0 Å². The largest absolute Gasteiger partial charge is 0.443 e. The molecule has 1 aliphatic carbocycles. The number of halogens is 3. The van der Waals surface area contributed by atoms with Gasteiger partial charge < -0.3 is 5.32 Å². The Labute approximate surface area is 115 Å². The molecule has 1 unspecified atom stereocenters. The predicted molar refractivity (Wildman–Crippen MR) is 70.1 cm³/mol. The maximum atomic E-state index is 12.6. The lowest BCUT2D eigenvalue weighted by Gasteiger charge is -2.19. The van der Waals surface area contributed by atoms with Crippen molar-refractivity contribution in [2.75, 3.05) is 6.54 Å². The standard InChI is InChI=1S/C13H19F3N2S/c1-2-17-10(7-9-5-3-4-6-9)11-8-18-12(19-11)13(14,15)16/h8-10,17H,2-7H2,1H3. The molecule has 2 nitrogen and oxygen atoms in total. The van der Waals surface area contributed by atoms with E-state index in [1.807, 2.05) is 6.92 Å². The van der Waals surface area contributed by atoms with E-state index < -0.39 is 11.2 Å². The van der Waals surface area contributed by atoms with E-state index in [9.17, 15) is 13.2 Å². The molecule has 1 aromatic rings. The van der Waals surface area contributed by atoms with Crippen LogP contribution < -0.4 is 5.32 Å². The normalized spacial score (nSPS) is 18.9. The lowest BCUT2D eigenvalue weighted by molar-refractivity contribution is -0.137. The fourth-order valence-corrected chi connectivity index (χ4v) is 3.58. The van der Waals surface area contributed by atoms with Crippen molar-refractivity contribution in [2.45, 2.75) is 51.2 Å². The van der Waals surface area contributed by atoms with Gasteiger partial charge in [-0.15, -0.1) is 11.3 Å². The smallest absolute Gasteiger partial charge is 0.309 e. The second-order valence-electron chi connectivity index (χ2n) is 5.06. The van der Waals surface area contributed by atoms with Crippen molar-refractivity contribution in [1.29, 1.82) is 0 Å².